The Morgan fingerprint density at radius 1 is 1.20 bits per heavy atom. The maximum Gasteiger partial charge on any atom is 0.338 e. The van der Waals surface area contributed by atoms with E-state index in [2.05, 4.69) is 10.2 Å². The van der Waals surface area contributed by atoms with Gasteiger partial charge in [-0.15, -0.1) is 0 Å². The second kappa shape index (κ2) is 2.42. The number of hydrogen-bond acceptors (Lipinski definition) is 5. The van der Waals surface area contributed by atoms with E-state index in [4.69, 9.17) is 15.3 Å². The molecule has 0 saturated carbocycles. The highest BCUT2D eigenvalue weighted by Gasteiger charge is 2.07. The number of hydrogen-bond donors (Lipinski definition) is 1. The highest BCUT2D eigenvalue weighted by atomic mass is 16.5. The van der Waals surface area contributed by atoms with Crippen LogP contribution in [0.4, 0.5) is 0 Å². The average molecular weight is 144 g/mol. The Labute approximate surface area is 57.5 Å². The fraction of sp³-hybridized carbons (Fsp3) is 0.500. The molecule has 10 heavy (non-hydrogen) atoms. The standard InChI is InChI=1S/C4H8N4O2/c1-9-3-6-7-4(10-2)8(3)5/h5H2,1-2H3. The molecule has 0 spiro atoms. The zero-order chi connectivity index (χ0) is 7.56. The first-order valence-corrected chi connectivity index (χ1v) is 2.58. The summed E-state index contributed by atoms with van der Waals surface area (Å²) in [6, 6.07) is 0.439. The summed E-state index contributed by atoms with van der Waals surface area (Å²) in [5.41, 5.74) is 0. The zero-order valence-corrected chi connectivity index (χ0v) is 5.74. The molecule has 6 heteroatoms. The van der Waals surface area contributed by atoms with Gasteiger partial charge in [-0.2, -0.15) is 4.68 Å². The van der Waals surface area contributed by atoms with Crippen molar-refractivity contribution in [2.75, 3.05) is 20.1 Å². The molecule has 0 aliphatic carbocycles. The van der Waals surface area contributed by atoms with Crippen LogP contribution in [0.3, 0.4) is 0 Å². The summed E-state index contributed by atoms with van der Waals surface area (Å²) in [5.74, 6) is 5.37. The van der Waals surface area contributed by atoms with Gasteiger partial charge in [0.1, 0.15) is 0 Å². The third-order valence-electron chi connectivity index (χ3n) is 0.998. The largest absolute Gasteiger partial charge is 0.466 e. The molecule has 0 aromatic carbocycles. The van der Waals surface area contributed by atoms with Crippen molar-refractivity contribution in [3.63, 3.8) is 0 Å². The Bertz CT molecular complexity index is 200. The van der Waals surface area contributed by atoms with Gasteiger partial charge in [0.2, 0.25) is 0 Å². The second-order valence-electron chi connectivity index (χ2n) is 1.54. The van der Waals surface area contributed by atoms with Crippen LogP contribution in [0.15, 0.2) is 0 Å². The first kappa shape index (κ1) is 6.66. The van der Waals surface area contributed by atoms with Crippen LogP contribution >= 0.6 is 0 Å². The van der Waals surface area contributed by atoms with Gasteiger partial charge in [-0.3, -0.25) is 0 Å². The van der Waals surface area contributed by atoms with Gasteiger partial charge < -0.3 is 15.3 Å². The highest BCUT2D eigenvalue weighted by Crippen LogP contribution is 2.09. The van der Waals surface area contributed by atoms with Gasteiger partial charge in [-0.1, -0.05) is 10.2 Å². The monoisotopic (exact) mass is 144 g/mol. The van der Waals surface area contributed by atoms with Crippen molar-refractivity contribution >= 4 is 0 Å². The molecule has 0 aliphatic rings. The molecule has 1 heterocycles. The van der Waals surface area contributed by atoms with Crippen LogP contribution in [0.5, 0.6) is 12.0 Å². The molecule has 0 amide bonds. The summed E-state index contributed by atoms with van der Waals surface area (Å²) >= 11 is 0. The molecule has 6 nitrogen and oxygen atoms in total. The maximum absolute atomic E-state index is 5.37. The lowest BCUT2D eigenvalue weighted by atomic mass is 11.1. The molecule has 1 aromatic heterocycles. The fourth-order valence-electron chi connectivity index (χ4n) is 0.542. The lowest BCUT2D eigenvalue weighted by molar-refractivity contribution is 0.342. The number of ether oxygens (including phenoxy) is 2. The summed E-state index contributed by atoms with van der Waals surface area (Å²) in [5, 5.41) is 7.09. The quantitative estimate of drug-likeness (QED) is 0.539. The van der Waals surface area contributed by atoms with Crippen LogP contribution in [0.2, 0.25) is 0 Å². The summed E-state index contributed by atoms with van der Waals surface area (Å²) in [6.07, 6.45) is 0. The summed E-state index contributed by atoms with van der Waals surface area (Å²) in [4.78, 5) is 0. The van der Waals surface area contributed by atoms with E-state index in [1.807, 2.05) is 0 Å². The van der Waals surface area contributed by atoms with Crippen molar-refractivity contribution in [2.24, 2.45) is 0 Å². The molecule has 0 radical (unpaired) electrons. The molecule has 0 bridgehead atoms. The Hall–Kier alpha value is -1.46. The molecular formula is C4H8N4O2. The van der Waals surface area contributed by atoms with Crippen LogP contribution in [-0.4, -0.2) is 29.1 Å². The van der Waals surface area contributed by atoms with Crippen LogP contribution in [0.25, 0.3) is 0 Å². The fourth-order valence-corrected chi connectivity index (χ4v) is 0.542. The smallest absolute Gasteiger partial charge is 0.338 e. The SMILES string of the molecule is COc1nnc(OC)n1N. The minimum Gasteiger partial charge on any atom is -0.466 e. The molecule has 0 atom stereocenters. The van der Waals surface area contributed by atoms with E-state index in [0.29, 0.717) is 0 Å². The third-order valence-corrected chi connectivity index (χ3v) is 0.998. The van der Waals surface area contributed by atoms with Gasteiger partial charge in [0.15, 0.2) is 0 Å². The molecule has 1 rings (SSSR count). The number of nitrogen functional groups attached to an aromatic ring is 1. The average Bonchev–Trinajstić information content (AvgIpc) is 2.30. The summed E-state index contributed by atoms with van der Waals surface area (Å²) in [6.45, 7) is 0. The predicted octanol–water partition coefficient (Wildman–Crippen LogP) is -0.991. The summed E-state index contributed by atoms with van der Waals surface area (Å²) < 4.78 is 10.5. The van der Waals surface area contributed by atoms with Gasteiger partial charge in [0, 0.05) is 0 Å². The second-order valence-corrected chi connectivity index (χ2v) is 1.54. The molecule has 0 fully saturated rings. The normalized spacial score (nSPS) is 9.40. The van der Waals surface area contributed by atoms with Gasteiger partial charge in [-0.05, 0) is 0 Å². The van der Waals surface area contributed by atoms with Crippen molar-refractivity contribution in [3.05, 3.63) is 0 Å². The lowest BCUT2D eigenvalue weighted by Crippen LogP contribution is -2.11. The van der Waals surface area contributed by atoms with E-state index in [9.17, 15) is 0 Å². The van der Waals surface area contributed by atoms with E-state index < -0.39 is 0 Å². The molecule has 0 unspecified atom stereocenters. The van der Waals surface area contributed by atoms with Crippen molar-refractivity contribution < 1.29 is 9.47 Å². The van der Waals surface area contributed by atoms with Crippen molar-refractivity contribution in [1.29, 1.82) is 0 Å². The van der Waals surface area contributed by atoms with E-state index in [0.717, 1.165) is 4.68 Å². The van der Waals surface area contributed by atoms with E-state index in [-0.39, 0.29) is 12.0 Å². The minimum absolute atomic E-state index is 0.219. The van der Waals surface area contributed by atoms with Gasteiger partial charge in [-0.25, -0.2) is 0 Å². The molecule has 56 valence electrons. The molecular weight excluding hydrogens is 136 g/mol. The Kier molecular flexibility index (Phi) is 1.61. The van der Waals surface area contributed by atoms with Crippen LogP contribution < -0.4 is 15.3 Å². The third kappa shape index (κ3) is 0.831. The van der Waals surface area contributed by atoms with E-state index in [1.54, 1.807) is 0 Å². The Balaban J connectivity index is 2.97. The van der Waals surface area contributed by atoms with Crippen molar-refractivity contribution in [3.8, 4) is 12.0 Å². The van der Waals surface area contributed by atoms with Crippen LogP contribution in [-0.2, 0) is 0 Å². The number of rotatable bonds is 2. The number of aromatic nitrogens is 3. The lowest BCUT2D eigenvalue weighted by Gasteiger charge is -1.98. The van der Waals surface area contributed by atoms with E-state index in [1.165, 1.54) is 14.2 Å². The molecule has 1 aromatic rings. The number of nitrogens with zero attached hydrogens (tertiary/aromatic N) is 3. The van der Waals surface area contributed by atoms with Crippen molar-refractivity contribution in [1.82, 2.24) is 14.9 Å². The van der Waals surface area contributed by atoms with Crippen LogP contribution in [0.1, 0.15) is 0 Å². The topological polar surface area (TPSA) is 75.2 Å². The first-order chi connectivity index (χ1) is 4.79. The first-order valence-electron chi connectivity index (χ1n) is 2.58. The highest BCUT2D eigenvalue weighted by molar-refractivity contribution is 5.04. The maximum atomic E-state index is 5.37. The van der Waals surface area contributed by atoms with Gasteiger partial charge in [0.25, 0.3) is 0 Å². The Morgan fingerprint density at radius 3 is 1.80 bits per heavy atom. The van der Waals surface area contributed by atoms with Gasteiger partial charge >= 0.3 is 12.0 Å². The molecule has 0 saturated heterocycles. The predicted molar refractivity (Wildman–Crippen MR) is 33.3 cm³/mol. The van der Waals surface area contributed by atoms with Gasteiger partial charge in [0.05, 0.1) is 14.2 Å². The van der Waals surface area contributed by atoms with E-state index >= 15 is 0 Å². The number of methoxy groups -OCH3 is 2. The molecule has 2 N–H and O–H groups in total. The van der Waals surface area contributed by atoms with Crippen molar-refractivity contribution in [2.45, 2.75) is 0 Å². The Morgan fingerprint density at radius 2 is 1.60 bits per heavy atom. The van der Waals surface area contributed by atoms with Crippen LogP contribution in [0, 0.1) is 0 Å². The number of nitrogens with two attached hydrogens (primary N) is 1. The summed E-state index contributed by atoms with van der Waals surface area (Å²) in [7, 11) is 2.90. The molecule has 0 aliphatic heterocycles. The minimum atomic E-state index is 0.219. The zero-order valence-electron chi connectivity index (χ0n) is 5.74.